The Bertz CT molecular complexity index is 1360. The molecule has 0 fully saturated rings. The second-order valence-corrected chi connectivity index (χ2v) is 8.72. The zero-order valence-corrected chi connectivity index (χ0v) is 19.8. The number of rotatable bonds is 10. The molecule has 184 valence electrons. The van der Waals surface area contributed by atoms with E-state index in [2.05, 4.69) is 4.72 Å². The molecule has 0 atom stereocenters. The highest BCUT2D eigenvalue weighted by molar-refractivity contribution is 7.89. The van der Waals surface area contributed by atoms with E-state index in [0.717, 1.165) is 18.2 Å². The number of nitrogens with one attached hydrogen (secondary N) is 1. The number of para-hydroxylation sites is 1. The summed E-state index contributed by atoms with van der Waals surface area (Å²) in [6.45, 7) is -0.184. The number of ether oxygens (including phenoxy) is 4. The number of hydrogen-bond acceptors (Lipinski definition) is 9. The number of carbonyl (C=O) groups is 1. The molecule has 0 aromatic heterocycles. The normalized spacial score (nSPS) is 10.9. The Kier molecular flexibility index (Phi) is 7.89. The van der Waals surface area contributed by atoms with Crippen molar-refractivity contribution in [3.05, 3.63) is 81.9 Å². The zero-order chi connectivity index (χ0) is 25.6. The molecule has 0 radical (unpaired) electrons. The molecule has 0 aliphatic heterocycles. The predicted molar refractivity (Wildman–Crippen MR) is 125 cm³/mol. The number of nitrogens with zero attached hydrogens (tertiary/aromatic N) is 1. The molecular weight excluding hydrogens is 480 g/mol. The van der Waals surface area contributed by atoms with Crippen LogP contribution >= 0.6 is 0 Å². The van der Waals surface area contributed by atoms with Gasteiger partial charge < -0.3 is 18.9 Å². The van der Waals surface area contributed by atoms with Gasteiger partial charge in [-0.2, -0.15) is 0 Å². The Morgan fingerprint density at radius 1 is 0.943 bits per heavy atom. The van der Waals surface area contributed by atoms with E-state index in [0.29, 0.717) is 17.1 Å². The summed E-state index contributed by atoms with van der Waals surface area (Å²) >= 11 is 0. The van der Waals surface area contributed by atoms with Gasteiger partial charge in [-0.15, -0.1) is 0 Å². The molecule has 3 aromatic carbocycles. The van der Waals surface area contributed by atoms with E-state index in [9.17, 15) is 23.3 Å². The van der Waals surface area contributed by atoms with E-state index in [1.165, 1.54) is 33.5 Å². The highest BCUT2D eigenvalue weighted by Crippen LogP contribution is 2.34. The van der Waals surface area contributed by atoms with Crippen molar-refractivity contribution in [3.8, 4) is 23.0 Å². The van der Waals surface area contributed by atoms with Crippen LogP contribution in [-0.2, 0) is 21.3 Å². The molecule has 3 rings (SSSR count). The number of methoxy groups -OCH3 is 3. The van der Waals surface area contributed by atoms with Crippen molar-refractivity contribution in [1.29, 1.82) is 0 Å². The van der Waals surface area contributed by atoms with E-state index in [-0.39, 0.29) is 23.6 Å². The molecule has 0 unspecified atom stereocenters. The molecule has 0 saturated heterocycles. The van der Waals surface area contributed by atoms with Crippen molar-refractivity contribution >= 4 is 21.7 Å². The van der Waals surface area contributed by atoms with Crippen LogP contribution in [0.4, 0.5) is 5.69 Å². The summed E-state index contributed by atoms with van der Waals surface area (Å²) in [5, 5.41) is 11.3. The largest absolute Gasteiger partial charge is 0.497 e. The topological polar surface area (TPSA) is 143 Å². The van der Waals surface area contributed by atoms with E-state index >= 15 is 0 Å². The van der Waals surface area contributed by atoms with Crippen LogP contribution < -0.4 is 18.9 Å². The van der Waals surface area contributed by atoms with Crippen LogP contribution in [0.2, 0.25) is 0 Å². The first-order chi connectivity index (χ1) is 16.7. The van der Waals surface area contributed by atoms with E-state index in [1.54, 1.807) is 30.3 Å². The van der Waals surface area contributed by atoms with Crippen molar-refractivity contribution in [2.75, 3.05) is 21.3 Å². The summed E-state index contributed by atoms with van der Waals surface area (Å²) in [5.41, 5.74) is 0.0921. The fraction of sp³-hybridized carbons (Fsp3) is 0.174. The van der Waals surface area contributed by atoms with Gasteiger partial charge in [0.1, 0.15) is 33.5 Å². The number of benzene rings is 3. The van der Waals surface area contributed by atoms with Gasteiger partial charge in [0, 0.05) is 30.3 Å². The zero-order valence-electron chi connectivity index (χ0n) is 19.0. The summed E-state index contributed by atoms with van der Waals surface area (Å²) < 4.78 is 49.7. The van der Waals surface area contributed by atoms with Crippen molar-refractivity contribution in [1.82, 2.24) is 4.72 Å². The Morgan fingerprint density at radius 3 is 2.34 bits per heavy atom. The van der Waals surface area contributed by atoms with Crippen molar-refractivity contribution in [3.63, 3.8) is 0 Å². The van der Waals surface area contributed by atoms with E-state index in [4.69, 9.17) is 18.9 Å². The smallest absolute Gasteiger partial charge is 0.341 e. The Morgan fingerprint density at radius 2 is 1.69 bits per heavy atom. The molecule has 0 spiro atoms. The van der Waals surface area contributed by atoms with Gasteiger partial charge in [0.15, 0.2) is 0 Å². The van der Waals surface area contributed by atoms with Gasteiger partial charge in [-0.1, -0.05) is 18.2 Å². The number of sulfonamides is 1. The summed E-state index contributed by atoms with van der Waals surface area (Å²) in [4.78, 5) is 22.2. The minimum absolute atomic E-state index is 0.0153. The van der Waals surface area contributed by atoms with E-state index in [1.807, 2.05) is 0 Å². The van der Waals surface area contributed by atoms with Crippen molar-refractivity contribution in [2.24, 2.45) is 0 Å². The van der Waals surface area contributed by atoms with Crippen LogP contribution in [0.5, 0.6) is 23.0 Å². The average Bonchev–Trinajstić information content (AvgIpc) is 2.87. The SMILES string of the molecule is COC(=O)c1ccccc1Oc1ccc([N+](=O)[O-])cc1S(=O)(=O)NCc1ccc(OC)cc1OC. The van der Waals surface area contributed by atoms with Gasteiger partial charge in [0.2, 0.25) is 10.0 Å². The van der Waals surface area contributed by atoms with Gasteiger partial charge in [-0.25, -0.2) is 17.9 Å². The molecule has 0 aliphatic rings. The molecule has 0 saturated carbocycles. The second kappa shape index (κ2) is 10.8. The van der Waals surface area contributed by atoms with Crippen molar-refractivity contribution in [2.45, 2.75) is 11.4 Å². The van der Waals surface area contributed by atoms with Crippen LogP contribution in [0, 0.1) is 10.1 Å². The molecule has 0 aliphatic carbocycles. The number of carbonyl (C=O) groups excluding carboxylic acids is 1. The van der Waals surface area contributed by atoms with Gasteiger partial charge >= 0.3 is 5.97 Å². The standard InChI is InChI=1S/C23H22N2O9S/c1-31-17-10-8-15(21(13-17)32-2)14-24-35(29,30)22-12-16(25(27)28)9-11-20(22)34-19-7-5-4-6-18(19)23(26)33-3/h4-13,24H,14H2,1-3H3. The number of hydrogen-bond donors (Lipinski definition) is 1. The molecule has 0 bridgehead atoms. The molecule has 3 aromatic rings. The fourth-order valence-corrected chi connectivity index (χ4v) is 4.26. The fourth-order valence-electron chi connectivity index (χ4n) is 3.11. The quantitative estimate of drug-likeness (QED) is 0.249. The Balaban J connectivity index is 1.99. The first-order valence-corrected chi connectivity index (χ1v) is 11.5. The minimum Gasteiger partial charge on any atom is -0.497 e. The first-order valence-electron chi connectivity index (χ1n) is 10.0. The summed E-state index contributed by atoms with van der Waals surface area (Å²) in [6, 6.07) is 14.0. The van der Waals surface area contributed by atoms with Crippen molar-refractivity contribution < 1.29 is 37.1 Å². The summed E-state index contributed by atoms with van der Waals surface area (Å²) in [7, 11) is -0.220. The number of esters is 1. The molecule has 12 heteroatoms. The lowest BCUT2D eigenvalue weighted by Gasteiger charge is -2.15. The lowest BCUT2D eigenvalue weighted by Crippen LogP contribution is -2.24. The Labute approximate surface area is 201 Å². The predicted octanol–water partition coefficient (Wildman–Crippen LogP) is 3.67. The van der Waals surface area contributed by atoms with Gasteiger partial charge in [0.25, 0.3) is 5.69 Å². The summed E-state index contributed by atoms with van der Waals surface area (Å²) in [6.07, 6.45) is 0. The van der Waals surface area contributed by atoms with Gasteiger partial charge in [-0.05, 0) is 24.3 Å². The third kappa shape index (κ3) is 5.86. The third-order valence-electron chi connectivity index (χ3n) is 4.89. The molecule has 11 nitrogen and oxygen atoms in total. The maximum atomic E-state index is 13.2. The molecule has 1 N–H and O–H groups in total. The third-order valence-corrected chi connectivity index (χ3v) is 6.31. The molecule has 35 heavy (non-hydrogen) atoms. The number of nitro groups is 1. The highest BCUT2D eigenvalue weighted by Gasteiger charge is 2.25. The molecular formula is C23H22N2O9S. The lowest BCUT2D eigenvalue weighted by atomic mass is 10.2. The van der Waals surface area contributed by atoms with Crippen LogP contribution in [0.3, 0.4) is 0 Å². The number of non-ortho nitro benzene ring substituents is 1. The monoisotopic (exact) mass is 502 g/mol. The average molecular weight is 503 g/mol. The molecule has 0 amide bonds. The van der Waals surface area contributed by atoms with Crippen LogP contribution in [0.25, 0.3) is 0 Å². The minimum atomic E-state index is -4.33. The number of nitro benzene ring substituents is 1. The van der Waals surface area contributed by atoms with Crippen LogP contribution in [0.1, 0.15) is 15.9 Å². The lowest BCUT2D eigenvalue weighted by molar-refractivity contribution is -0.385. The van der Waals surface area contributed by atoms with Gasteiger partial charge in [-0.3, -0.25) is 10.1 Å². The second-order valence-electron chi connectivity index (χ2n) is 6.98. The Hall–Kier alpha value is -4.16. The highest BCUT2D eigenvalue weighted by atomic mass is 32.2. The molecule has 0 heterocycles. The van der Waals surface area contributed by atoms with E-state index < -0.39 is 31.5 Å². The van der Waals surface area contributed by atoms with Crippen LogP contribution in [-0.4, -0.2) is 40.6 Å². The first kappa shape index (κ1) is 25.5. The summed E-state index contributed by atoms with van der Waals surface area (Å²) in [5.74, 6) is 0.000871. The van der Waals surface area contributed by atoms with Gasteiger partial charge in [0.05, 0.1) is 26.3 Å². The maximum Gasteiger partial charge on any atom is 0.341 e. The maximum absolute atomic E-state index is 13.2. The van der Waals surface area contributed by atoms with Crippen LogP contribution in [0.15, 0.2) is 65.6 Å².